The third-order valence-electron chi connectivity index (χ3n) is 2.07. The normalized spacial score (nSPS) is 10.6. The minimum Gasteiger partial charge on any atom is -0.383 e. The van der Waals surface area contributed by atoms with Crippen molar-refractivity contribution in [3.05, 3.63) is 23.4 Å². The molecule has 0 spiro atoms. The van der Waals surface area contributed by atoms with Gasteiger partial charge in [-0.15, -0.1) is 0 Å². The zero-order chi connectivity index (χ0) is 11.4. The van der Waals surface area contributed by atoms with E-state index in [-0.39, 0.29) is 0 Å². The summed E-state index contributed by atoms with van der Waals surface area (Å²) in [4.78, 5) is 8.17. The number of H-pyrrole nitrogens is 1. The molecule has 0 fully saturated rings. The van der Waals surface area contributed by atoms with Gasteiger partial charge in [-0.2, -0.15) is 5.10 Å². The van der Waals surface area contributed by atoms with Crippen molar-refractivity contribution in [2.75, 3.05) is 13.7 Å². The Kier molecular flexibility index (Phi) is 3.37. The molecule has 0 unspecified atom stereocenters. The van der Waals surface area contributed by atoms with E-state index in [0.717, 1.165) is 0 Å². The van der Waals surface area contributed by atoms with Crippen LogP contribution >= 0.6 is 12.2 Å². The van der Waals surface area contributed by atoms with Gasteiger partial charge in [0.25, 0.3) is 0 Å². The fourth-order valence-corrected chi connectivity index (χ4v) is 1.54. The van der Waals surface area contributed by atoms with E-state index in [1.54, 1.807) is 25.7 Å². The van der Waals surface area contributed by atoms with Crippen LogP contribution in [0.3, 0.4) is 0 Å². The number of aromatic nitrogens is 5. The Bertz CT molecular complexity index is 506. The molecule has 0 amide bonds. The van der Waals surface area contributed by atoms with Crippen molar-refractivity contribution in [1.82, 2.24) is 24.7 Å². The second-order valence-corrected chi connectivity index (χ2v) is 3.47. The van der Waals surface area contributed by atoms with Crippen molar-refractivity contribution in [3.8, 4) is 11.5 Å². The molecule has 0 aliphatic rings. The number of hydrogen-bond donors (Lipinski definition) is 1. The third-order valence-corrected chi connectivity index (χ3v) is 2.38. The standard InChI is InChI=1S/C9H11N5OS/c1-15-5-4-14-8(12-13-9(14)16)7-6-10-2-3-11-7/h2-3,6H,4-5H2,1H3,(H,13,16). The van der Waals surface area contributed by atoms with Gasteiger partial charge in [-0.1, -0.05) is 0 Å². The summed E-state index contributed by atoms with van der Waals surface area (Å²) in [5.41, 5.74) is 0.686. The summed E-state index contributed by atoms with van der Waals surface area (Å²) in [6, 6.07) is 0. The highest BCUT2D eigenvalue weighted by molar-refractivity contribution is 7.71. The number of nitrogens with one attached hydrogen (secondary N) is 1. The summed E-state index contributed by atoms with van der Waals surface area (Å²) in [5.74, 6) is 0.676. The average molecular weight is 237 g/mol. The molecule has 2 aromatic rings. The Morgan fingerprint density at radius 1 is 1.50 bits per heavy atom. The van der Waals surface area contributed by atoms with Crippen LogP contribution < -0.4 is 0 Å². The summed E-state index contributed by atoms with van der Waals surface area (Å²) in [6.07, 6.45) is 4.88. The Hall–Kier alpha value is -1.60. The topological polar surface area (TPSA) is 68.6 Å². The van der Waals surface area contributed by atoms with Gasteiger partial charge in [0.2, 0.25) is 0 Å². The molecule has 84 valence electrons. The Labute approximate surface area is 97.3 Å². The molecule has 0 aromatic carbocycles. The van der Waals surface area contributed by atoms with Crippen LogP contribution in [-0.2, 0) is 11.3 Å². The first-order valence-corrected chi connectivity index (χ1v) is 5.14. The van der Waals surface area contributed by atoms with Crippen molar-refractivity contribution in [2.24, 2.45) is 0 Å². The van der Waals surface area contributed by atoms with Gasteiger partial charge in [0.1, 0.15) is 5.69 Å². The predicted molar refractivity (Wildman–Crippen MR) is 60.3 cm³/mol. The number of ether oxygens (including phenoxy) is 1. The first-order valence-electron chi connectivity index (χ1n) is 4.73. The quantitative estimate of drug-likeness (QED) is 0.805. The number of hydrogen-bond acceptors (Lipinski definition) is 5. The molecule has 0 saturated heterocycles. The van der Waals surface area contributed by atoms with Crippen LogP contribution in [0.25, 0.3) is 11.5 Å². The lowest BCUT2D eigenvalue weighted by atomic mass is 10.4. The van der Waals surface area contributed by atoms with Crippen LogP contribution in [0.2, 0.25) is 0 Å². The first-order chi connectivity index (χ1) is 7.83. The van der Waals surface area contributed by atoms with Crippen molar-refractivity contribution < 1.29 is 4.74 Å². The molecule has 6 nitrogen and oxygen atoms in total. The lowest BCUT2D eigenvalue weighted by molar-refractivity contribution is 0.187. The fraction of sp³-hybridized carbons (Fsp3) is 0.333. The second kappa shape index (κ2) is 4.95. The first kappa shape index (κ1) is 10.9. The molecule has 2 rings (SSSR count). The highest BCUT2D eigenvalue weighted by Gasteiger charge is 2.09. The number of rotatable bonds is 4. The lowest BCUT2D eigenvalue weighted by Gasteiger charge is -2.04. The molecule has 0 aliphatic carbocycles. The van der Waals surface area contributed by atoms with Gasteiger partial charge in [-0.05, 0) is 12.2 Å². The van der Waals surface area contributed by atoms with Gasteiger partial charge in [0.05, 0.1) is 19.3 Å². The highest BCUT2D eigenvalue weighted by atomic mass is 32.1. The van der Waals surface area contributed by atoms with Crippen LogP contribution in [0.4, 0.5) is 0 Å². The van der Waals surface area contributed by atoms with E-state index >= 15 is 0 Å². The fourth-order valence-electron chi connectivity index (χ4n) is 1.32. The maximum atomic E-state index is 5.13. The molecule has 2 heterocycles. The Balaban J connectivity index is 2.38. The molecule has 16 heavy (non-hydrogen) atoms. The molecule has 0 atom stereocenters. The maximum absolute atomic E-state index is 5.13. The van der Waals surface area contributed by atoms with E-state index in [2.05, 4.69) is 20.2 Å². The van der Waals surface area contributed by atoms with Crippen LogP contribution in [0, 0.1) is 4.77 Å². The SMILES string of the molecule is COCCn1c(-c2cnccn2)n[nH]c1=S. The van der Waals surface area contributed by atoms with E-state index < -0.39 is 0 Å². The third kappa shape index (κ3) is 2.15. The second-order valence-electron chi connectivity index (χ2n) is 3.09. The van der Waals surface area contributed by atoms with Gasteiger partial charge in [0.15, 0.2) is 10.6 Å². The molecule has 0 bridgehead atoms. The molecule has 0 aliphatic heterocycles. The van der Waals surface area contributed by atoms with Gasteiger partial charge in [0, 0.05) is 19.5 Å². The maximum Gasteiger partial charge on any atom is 0.195 e. The van der Waals surface area contributed by atoms with Gasteiger partial charge >= 0.3 is 0 Å². The lowest BCUT2D eigenvalue weighted by Crippen LogP contribution is -2.06. The minimum atomic E-state index is 0.553. The van der Waals surface area contributed by atoms with Crippen molar-refractivity contribution in [3.63, 3.8) is 0 Å². The molecule has 0 radical (unpaired) electrons. The van der Waals surface area contributed by atoms with Crippen LogP contribution in [-0.4, -0.2) is 38.4 Å². The summed E-state index contributed by atoms with van der Waals surface area (Å²) in [5, 5.41) is 6.86. The molecular weight excluding hydrogens is 226 g/mol. The summed E-state index contributed by atoms with van der Waals surface area (Å²) >= 11 is 5.13. The summed E-state index contributed by atoms with van der Waals surface area (Å²) < 4.78 is 7.41. The summed E-state index contributed by atoms with van der Waals surface area (Å²) in [7, 11) is 1.64. The largest absolute Gasteiger partial charge is 0.383 e. The van der Waals surface area contributed by atoms with Crippen molar-refractivity contribution >= 4 is 12.2 Å². The van der Waals surface area contributed by atoms with E-state index in [1.165, 1.54) is 0 Å². The van der Waals surface area contributed by atoms with Crippen molar-refractivity contribution in [2.45, 2.75) is 6.54 Å². The molecular formula is C9H11N5OS. The monoisotopic (exact) mass is 237 g/mol. The number of methoxy groups -OCH3 is 1. The van der Waals surface area contributed by atoms with Gasteiger partial charge in [-0.25, -0.2) is 4.98 Å². The van der Waals surface area contributed by atoms with E-state index in [1.807, 2.05) is 4.57 Å². The van der Waals surface area contributed by atoms with Gasteiger partial charge < -0.3 is 4.74 Å². The minimum absolute atomic E-state index is 0.553. The predicted octanol–water partition coefficient (Wildman–Crippen LogP) is 1.04. The van der Waals surface area contributed by atoms with Gasteiger partial charge in [-0.3, -0.25) is 14.6 Å². The molecule has 2 aromatic heterocycles. The van der Waals surface area contributed by atoms with Crippen LogP contribution in [0.1, 0.15) is 0 Å². The molecule has 1 N–H and O–H groups in total. The Morgan fingerprint density at radius 2 is 2.38 bits per heavy atom. The number of nitrogens with zero attached hydrogens (tertiary/aromatic N) is 4. The van der Waals surface area contributed by atoms with E-state index in [9.17, 15) is 0 Å². The van der Waals surface area contributed by atoms with Crippen molar-refractivity contribution in [1.29, 1.82) is 0 Å². The Morgan fingerprint density at radius 3 is 3.06 bits per heavy atom. The van der Waals surface area contributed by atoms with E-state index in [4.69, 9.17) is 17.0 Å². The van der Waals surface area contributed by atoms with E-state index in [0.29, 0.717) is 29.4 Å². The molecule has 0 saturated carbocycles. The van der Waals surface area contributed by atoms with Crippen LogP contribution in [0.15, 0.2) is 18.6 Å². The number of aromatic amines is 1. The highest BCUT2D eigenvalue weighted by Crippen LogP contribution is 2.12. The summed E-state index contributed by atoms with van der Waals surface area (Å²) in [6.45, 7) is 1.21. The zero-order valence-electron chi connectivity index (χ0n) is 8.75. The molecule has 7 heteroatoms. The smallest absolute Gasteiger partial charge is 0.195 e. The zero-order valence-corrected chi connectivity index (χ0v) is 9.57. The average Bonchev–Trinajstić information content (AvgIpc) is 2.69. The van der Waals surface area contributed by atoms with Crippen LogP contribution in [0.5, 0.6) is 0 Å².